The minimum absolute atomic E-state index is 0.841. The highest BCUT2D eigenvalue weighted by molar-refractivity contribution is 5.76. The Bertz CT molecular complexity index is 3530. The van der Waals surface area contributed by atoms with Crippen LogP contribution in [0.4, 0.5) is 0 Å². The van der Waals surface area contributed by atoms with Gasteiger partial charge in [-0.15, -0.1) is 0 Å². The van der Waals surface area contributed by atoms with Crippen molar-refractivity contribution in [2.45, 2.75) is 353 Å². The summed E-state index contributed by atoms with van der Waals surface area (Å²) in [6.07, 6.45) is -102. The molecule has 33 N–H and O–H groups in total. The van der Waals surface area contributed by atoms with Gasteiger partial charge in [-0.25, -0.2) is 4.79 Å². The van der Waals surface area contributed by atoms with E-state index in [9.17, 15) is 172 Å². The normalized spacial score (nSPS) is 48.4. The van der Waals surface area contributed by atoms with Crippen LogP contribution in [0, 0.1) is 0 Å². The Morgan fingerprint density at radius 2 is 0.711 bits per heavy atom. The fourth-order valence-corrected chi connectivity index (χ4v) is 16.4. The Morgan fingerprint density at radius 3 is 1.23 bits per heavy atom. The summed E-state index contributed by atoms with van der Waals surface area (Å²) in [5.74, 6) is -9.41. The van der Waals surface area contributed by atoms with E-state index < -0.39 is 408 Å². The second-order valence-corrected chi connectivity index (χ2v) is 32.4. The first-order valence-electron chi connectivity index (χ1n) is 40.6. The number of carboxylic acids is 1. The lowest BCUT2D eigenvalue weighted by molar-refractivity contribution is -0.401. The molecule has 128 heavy (non-hydrogen) atoms. The fraction of sp³-hybridized carbons (Fsp3) is 0.930. The molecule has 0 saturated carbocycles. The molecule has 10 fully saturated rings. The van der Waals surface area contributed by atoms with Crippen molar-refractivity contribution in [1.82, 2.24) is 21.3 Å². The average Bonchev–Trinajstić information content (AvgIpc) is 0.769. The minimum atomic E-state index is -3.36. The van der Waals surface area contributed by atoms with Crippen molar-refractivity contribution >= 4 is 29.6 Å². The molecule has 0 unspecified atom stereocenters. The first kappa shape index (κ1) is 106. The monoisotopic (exact) mass is 1870 g/mol. The summed E-state index contributed by atoms with van der Waals surface area (Å²) >= 11 is 0. The van der Waals surface area contributed by atoms with E-state index in [0.717, 1.165) is 27.7 Å². The van der Waals surface area contributed by atoms with Gasteiger partial charge in [-0.3, -0.25) is 19.2 Å². The topological polar surface area (TPSA) is 896 Å². The largest absolute Gasteiger partial charge is 0.477 e. The Balaban J connectivity index is 0.995. The molecule has 0 aliphatic carbocycles. The summed E-state index contributed by atoms with van der Waals surface area (Å²) in [6, 6.07) is -7.79. The smallest absolute Gasteiger partial charge is 0.364 e. The zero-order valence-corrected chi connectivity index (χ0v) is 68.7. The maximum atomic E-state index is 13.4. The van der Waals surface area contributed by atoms with Gasteiger partial charge in [0, 0.05) is 34.1 Å². The van der Waals surface area contributed by atoms with Crippen LogP contribution in [0.25, 0.3) is 0 Å². The van der Waals surface area contributed by atoms with Gasteiger partial charge in [-0.05, 0) is 6.92 Å². The second kappa shape index (κ2) is 45.4. The van der Waals surface area contributed by atoms with Crippen LogP contribution in [0.2, 0.25) is 0 Å². The van der Waals surface area contributed by atoms with Crippen molar-refractivity contribution in [2.24, 2.45) is 0 Å². The van der Waals surface area contributed by atoms with Crippen LogP contribution in [0.1, 0.15) is 41.0 Å². The summed E-state index contributed by atoms with van der Waals surface area (Å²) in [5, 5.41) is 334. The zero-order valence-electron chi connectivity index (χ0n) is 68.7. The lowest BCUT2D eigenvalue weighted by atomic mass is 9.90. The Hall–Kier alpha value is -4.53. The number of carbonyl (C=O) groups excluding carboxylic acids is 4. The third-order valence-electron chi connectivity index (χ3n) is 23.4. The van der Waals surface area contributed by atoms with Crippen molar-refractivity contribution in [3.63, 3.8) is 0 Å². The number of rotatable bonds is 34. The zero-order chi connectivity index (χ0) is 94.6. The van der Waals surface area contributed by atoms with Gasteiger partial charge in [0.1, 0.15) is 238 Å². The van der Waals surface area contributed by atoms with Gasteiger partial charge in [0.05, 0.1) is 71.7 Å². The Labute approximate surface area is 723 Å². The van der Waals surface area contributed by atoms with Gasteiger partial charge in [0.25, 0.3) is 5.79 Å². The van der Waals surface area contributed by atoms with E-state index in [4.69, 9.17) is 90.0 Å². The van der Waals surface area contributed by atoms with Crippen molar-refractivity contribution in [2.75, 3.05) is 59.5 Å². The average molecular weight is 1880 g/mol. The van der Waals surface area contributed by atoms with Crippen LogP contribution in [0.3, 0.4) is 0 Å². The number of aliphatic hydroxyl groups is 28. The maximum absolute atomic E-state index is 13.4. The molecule has 10 saturated heterocycles. The number of hydrogen-bond acceptors (Lipinski definition) is 52. The molecule has 57 heteroatoms. The van der Waals surface area contributed by atoms with E-state index in [2.05, 4.69) is 21.3 Å². The van der Waals surface area contributed by atoms with Crippen LogP contribution in [-0.4, -0.2) is 550 Å². The summed E-state index contributed by atoms with van der Waals surface area (Å²) < 4.78 is 113. The first-order valence-corrected chi connectivity index (χ1v) is 40.6. The molecule has 0 radical (unpaired) electrons. The van der Waals surface area contributed by atoms with Gasteiger partial charge in [-0.1, -0.05) is 0 Å². The molecular formula is C71H118N4O53. The van der Waals surface area contributed by atoms with Crippen LogP contribution in [-0.2, 0) is 114 Å². The molecule has 10 aliphatic rings. The molecule has 0 aromatic rings. The molecule has 51 atom stereocenters. The van der Waals surface area contributed by atoms with Crippen molar-refractivity contribution in [3.8, 4) is 0 Å². The highest BCUT2D eigenvalue weighted by atomic mass is 16.8. The molecule has 0 spiro atoms. The molecule has 10 rings (SSSR count). The van der Waals surface area contributed by atoms with E-state index in [1.54, 1.807) is 0 Å². The van der Waals surface area contributed by atoms with Crippen LogP contribution in [0.5, 0.6) is 0 Å². The molecule has 57 nitrogen and oxygen atoms in total. The second-order valence-electron chi connectivity index (χ2n) is 32.4. The van der Waals surface area contributed by atoms with E-state index in [1.807, 2.05) is 0 Å². The molecule has 10 aliphatic heterocycles. The van der Waals surface area contributed by atoms with Gasteiger partial charge in [0.2, 0.25) is 23.6 Å². The van der Waals surface area contributed by atoms with Gasteiger partial charge in [0.15, 0.2) is 56.6 Å². The summed E-state index contributed by atoms with van der Waals surface area (Å²) in [6.45, 7) is -5.62. The van der Waals surface area contributed by atoms with E-state index in [0.29, 0.717) is 0 Å². The van der Waals surface area contributed by atoms with E-state index in [1.165, 1.54) is 6.92 Å². The molecule has 4 amide bonds. The number of aliphatic carboxylic acids is 1. The number of aliphatic hydroxyl groups excluding tert-OH is 28. The van der Waals surface area contributed by atoms with Crippen LogP contribution < -0.4 is 21.3 Å². The predicted octanol–water partition coefficient (Wildman–Crippen LogP) is -22.0. The number of carboxylic acid groups (broad SMARTS) is 1. The van der Waals surface area contributed by atoms with E-state index >= 15 is 0 Å². The lowest BCUT2D eigenvalue weighted by Crippen LogP contribution is -2.71. The number of nitrogens with one attached hydrogen (secondary N) is 4. The molecule has 0 aromatic heterocycles. The molecule has 0 aromatic carbocycles. The SMILES string of the molecule is CC(=O)N[C@@H]1[C@@H](O)[C@H](O[C@@H]2O[C@H](CO)[C@@H](O[C@@H]3O[C@H](CO[C@H]4O[C@H](CO)[C@@H](O)[C@H](O)[C@@H]4O[C@@H]4O[C@H](CO)[C@@H](O)[C@H](O)[C@H]4NC(C)=O)[C@@H](O)[C@H](O[C@H]4O[C@H](CO)[C@@H](O)[C@H](O)[C@@H]4O[C@@H]4O[C@H](CO)[C@@H](O)[C@H](O[C@@H]5O[C@H](CO)[C@H](O)[C@H](O[C@]6(C(=O)O)C[C@H](O)[C@@H](O)[C@H]([C@H](O)[C@H](O)CO)O6)[C@H]5O)[C@H]4NC(C)=O)[C@@H]3O)[C@H](O)[C@H]2NC(C)=O)[C@@H](CO[C@@H]2O[C@@H](C)[C@@H](O)[C@@H](O)[C@@H]2O)O[C@H]1O. The minimum Gasteiger partial charge on any atom is -0.477 e. The maximum Gasteiger partial charge on any atom is 0.364 e. The highest BCUT2D eigenvalue weighted by Crippen LogP contribution is 2.43. The predicted molar refractivity (Wildman–Crippen MR) is 392 cm³/mol. The number of ether oxygens (including phenoxy) is 19. The lowest BCUT2D eigenvalue weighted by Gasteiger charge is -2.51. The Kier molecular flexibility index (Phi) is 37.4. The van der Waals surface area contributed by atoms with Crippen molar-refractivity contribution in [3.05, 3.63) is 0 Å². The fourth-order valence-electron chi connectivity index (χ4n) is 16.4. The third-order valence-corrected chi connectivity index (χ3v) is 23.4. The standard InChI is InChI=1S/C71H118N4O53/c1-16-35(89)47(101)50(104)65(112-16)110-15-30-54(45(99)31(61(107)113-30)72-17(2)83)121-63-33(74-19(4)85)46(100)53(28(13-82)119-63)122-66-51(105)56(43(97)29(120-66)14-111-68-59(48(102)39(93)24(9-78)117-68)125-62-32(73-18(3)84)44(98)38(92)23(8-77)114-62)124-69-60(49(103)40(94)25(10-79)118-69)126-64-34(75-20(5)86)55(41(95)26(11-80)115-64)123-67-52(106)58(42(96)27(12-81)116-67)128-71(70(108)109)6-21(87)36(90)57(127-71)37(91)22(88)7-76/h16,21-69,76-82,87-107H,6-15H2,1-5H3,(H,72,83)(H,73,84)(H,74,85)(H,75,86)(H,108,109)/t16-,21-,22+,23+,24+,25+,26+,27+,28+,29+,30+,31+,32+,33+,34+,35+,36+,37+,38+,39+,40+,41+,42-,43+,44+,45+,46+,47+,48-,49-,50-,51-,52+,53+,54+,55+,56-,57+,58-,59-,60-,61+,62-,63-,64-,65+,66-,67-,68-,69+,71-/m0/s1. The van der Waals surface area contributed by atoms with Gasteiger partial charge < -0.3 is 259 Å². The van der Waals surface area contributed by atoms with Crippen molar-refractivity contribution < 1.29 is 262 Å². The summed E-state index contributed by atoms with van der Waals surface area (Å²) in [7, 11) is 0. The first-order chi connectivity index (χ1) is 60.3. The Morgan fingerprint density at radius 1 is 0.336 bits per heavy atom. The number of hydrogen-bond donors (Lipinski definition) is 33. The molecular weight excluding hydrogens is 1760 g/mol. The summed E-state index contributed by atoms with van der Waals surface area (Å²) in [5.41, 5.74) is 0. The van der Waals surface area contributed by atoms with E-state index in [-0.39, 0.29) is 0 Å². The molecule has 0 bridgehead atoms. The quantitative estimate of drug-likeness (QED) is 0.0284. The van der Waals surface area contributed by atoms with Gasteiger partial charge >= 0.3 is 5.97 Å². The molecule has 740 valence electrons. The van der Waals surface area contributed by atoms with Gasteiger partial charge in [-0.2, -0.15) is 0 Å². The third kappa shape index (κ3) is 23.1. The molecule has 10 heterocycles. The number of amides is 4. The van der Waals surface area contributed by atoms with Crippen LogP contribution >= 0.6 is 0 Å². The summed E-state index contributed by atoms with van der Waals surface area (Å²) in [4.78, 5) is 64.9. The number of carbonyl (C=O) groups is 5. The van der Waals surface area contributed by atoms with Crippen LogP contribution in [0.15, 0.2) is 0 Å². The highest BCUT2D eigenvalue weighted by Gasteiger charge is 2.64. The van der Waals surface area contributed by atoms with Crippen molar-refractivity contribution in [1.29, 1.82) is 0 Å².